The minimum atomic E-state index is 0.0668. The highest BCUT2D eigenvalue weighted by Crippen LogP contribution is 2.22. The van der Waals surface area contributed by atoms with Crippen LogP contribution in [0.25, 0.3) is 0 Å². The van der Waals surface area contributed by atoms with Gasteiger partial charge in [-0.25, -0.2) is 0 Å². The summed E-state index contributed by atoms with van der Waals surface area (Å²) in [6, 6.07) is 20.2. The van der Waals surface area contributed by atoms with Crippen LogP contribution in [-0.2, 0) is 17.8 Å². The number of rotatable bonds is 6. The number of aromatic nitrogens is 1. The van der Waals surface area contributed by atoms with Crippen LogP contribution in [0.5, 0.6) is 0 Å². The standard InChI is InChI=1S/C25H26ClN3O/c26-23-3-1-2-21(17-23)18-29-14-10-22(11-15-29)25(30)28-24-6-4-19(5-7-24)16-20-8-12-27-13-9-20/h1-9,12-13,17,22H,10-11,14-16,18H2,(H,28,30). The summed E-state index contributed by atoms with van der Waals surface area (Å²) < 4.78 is 0. The first kappa shape index (κ1) is 20.6. The number of carbonyl (C=O) groups excluding carboxylic acids is 1. The highest BCUT2D eigenvalue weighted by Gasteiger charge is 2.25. The van der Waals surface area contributed by atoms with E-state index in [2.05, 4.69) is 33.4 Å². The molecule has 0 bridgehead atoms. The van der Waals surface area contributed by atoms with Crippen LogP contribution in [0.3, 0.4) is 0 Å². The molecule has 1 aliphatic heterocycles. The van der Waals surface area contributed by atoms with Gasteiger partial charge in [0.05, 0.1) is 0 Å². The monoisotopic (exact) mass is 419 g/mol. The third-order valence-electron chi connectivity index (χ3n) is 5.63. The molecule has 5 heteroatoms. The zero-order valence-electron chi connectivity index (χ0n) is 16.9. The Bertz CT molecular complexity index is 967. The van der Waals surface area contributed by atoms with Crippen LogP contribution in [-0.4, -0.2) is 28.9 Å². The fraction of sp³-hybridized carbons (Fsp3) is 0.280. The molecule has 3 aromatic rings. The Morgan fingerprint density at radius 1 is 0.967 bits per heavy atom. The van der Waals surface area contributed by atoms with E-state index in [1.165, 1.54) is 16.7 Å². The van der Waals surface area contributed by atoms with Gasteiger partial charge in [-0.3, -0.25) is 14.7 Å². The van der Waals surface area contributed by atoms with E-state index in [0.717, 1.165) is 49.6 Å². The number of likely N-dealkylation sites (tertiary alicyclic amines) is 1. The highest BCUT2D eigenvalue weighted by molar-refractivity contribution is 6.30. The first-order valence-corrected chi connectivity index (χ1v) is 10.8. The van der Waals surface area contributed by atoms with E-state index in [1.807, 2.05) is 54.9 Å². The summed E-state index contributed by atoms with van der Waals surface area (Å²) in [7, 11) is 0. The number of nitrogens with one attached hydrogen (secondary N) is 1. The Kier molecular flexibility index (Phi) is 6.77. The SMILES string of the molecule is O=C(Nc1ccc(Cc2ccncc2)cc1)C1CCN(Cc2cccc(Cl)c2)CC1. The lowest BCUT2D eigenvalue weighted by molar-refractivity contribution is -0.121. The molecule has 1 aliphatic rings. The Hall–Kier alpha value is -2.69. The van der Waals surface area contributed by atoms with E-state index in [4.69, 9.17) is 11.6 Å². The van der Waals surface area contributed by atoms with Gasteiger partial charge in [-0.05, 0) is 85.4 Å². The second-order valence-electron chi connectivity index (χ2n) is 7.90. The van der Waals surface area contributed by atoms with Crippen LogP contribution in [0.2, 0.25) is 5.02 Å². The number of benzene rings is 2. The number of carbonyl (C=O) groups is 1. The number of anilines is 1. The molecule has 0 radical (unpaired) electrons. The van der Waals surface area contributed by atoms with E-state index in [9.17, 15) is 4.79 Å². The van der Waals surface area contributed by atoms with Crippen LogP contribution in [0.4, 0.5) is 5.69 Å². The molecule has 154 valence electrons. The predicted octanol–water partition coefficient (Wildman–Crippen LogP) is 5.18. The number of nitrogens with zero attached hydrogens (tertiary/aromatic N) is 2. The number of pyridine rings is 1. The Balaban J connectivity index is 1.25. The van der Waals surface area contributed by atoms with Gasteiger partial charge in [-0.1, -0.05) is 35.9 Å². The fourth-order valence-corrected chi connectivity index (χ4v) is 4.15. The van der Waals surface area contributed by atoms with Gasteiger partial charge in [-0.2, -0.15) is 0 Å². The molecule has 0 saturated carbocycles. The maximum atomic E-state index is 12.7. The minimum Gasteiger partial charge on any atom is -0.326 e. The van der Waals surface area contributed by atoms with E-state index in [1.54, 1.807) is 0 Å². The lowest BCUT2D eigenvalue weighted by atomic mass is 9.95. The average molecular weight is 420 g/mol. The Morgan fingerprint density at radius 2 is 1.67 bits per heavy atom. The van der Waals surface area contributed by atoms with Crippen molar-refractivity contribution in [3.8, 4) is 0 Å². The number of hydrogen-bond acceptors (Lipinski definition) is 3. The molecule has 2 aromatic carbocycles. The molecule has 1 fully saturated rings. The molecular weight excluding hydrogens is 394 g/mol. The molecule has 0 atom stereocenters. The van der Waals surface area contributed by atoms with Crippen LogP contribution in [0.1, 0.15) is 29.5 Å². The van der Waals surface area contributed by atoms with Crippen LogP contribution >= 0.6 is 11.6 Å². The largest absolute Gasteiger partial charge is 0.326 e. The van der Waals surface area contributed by atoms with Crippen LogP contribution in [0, 0.1) is 5.92 Å². The normalized spacial score (nSPS) is 15.1. The summed E-state index contributed by atoms with van der Waals surface area (Å²) in [5.41, 5.74) is 4.52. The molecule has 1 saturated heterocycles. The van der Waals surface area contributed by atoms with E-state index in [-0.39, 0.29) is 11.8 Å². The summed E-state index contributed by atoms with van der Waals surface area (Å²) in [5, 5.41) is 3.86. The van der Waals surface area contributed by atoms with Gasteiger partial charge in [0.1, 0.15) is 0 Å². The highest BCUT2D eigenvalue weighted by atomic mass is 35.5. The molecule has 0 unspecified atom stereocenters. The van der Waals surface area contributed by atoms with Crippen molar-refractivity contribution in [2.75, 3.05) is 18.4 Å². The zero-order valence-corrected chi connectivity index (χ0v) is 17.7. The maximum absolute atomic E-state index is 12.7. The van der Waals surface area contributed by atoms with Crippen molar-refractivity contribution in [1.29, 1.82) is 0 Å². The molecule has 4 rings (SSSR count). The number of halogens is 1. The van der Waals surface area contributed by atoms with E-state index < -0.39 is 0 Å². The second-order valence-corrected chi connectivity index (χ2v) is 8.34. The third-order valence-corrected chi connectivity index (χ3v) is 5.87. The van der Waals surface area contributed by atoms with Gasteiger partial charge >= 0.3 is 0 Å². The summed E-state index contributed by atoms with van der Waals surface area (Å²) in [4.78, 5) is 19.1. The third kappa shape index (κ3) is 5.68. The van der Waals surface area contributed by atoms with Crippen molar-refractivity contribution in [2.24, 2.45) is 5.92 Å². The second kappa shape index (κ2) is 9.88. The van der Waals surface area contributed by atoms with Gasteiger partial charge in [0.25, 0.3) is 0 Å². The van der Waals surface area contributed by atoms with Crippen molar-refractivity contribution in [3.63, 3.8) is 0 Å². The van der Waals surface area contributed by atoms with E-state index >= 15 is 0 Å². The average Bonchev–Trinajstić information content (AvgIpc) is 2.76. The van der Waals surface area contributed by atoms with Crippen molar-refractivity contribution in [1.82, 2.24) is 9.88 Å². The first-order valence-electron chi connectivity index (χ1n) is 10.4. The molecule has 4 nitrogen and oxygen atoms in total. The van der Waals surface area contributed by atoms with Crippen molar-refractivity contribution >= 4 is 23.2 Å². The number of piperidine rings is 1. The molecule has 0 aliphatic carbocycles. The lowest BCUT2D eigenvalue weighted by Gasteiger charge is -2.31. The van der Waals surface area contributed by atoms with Gasteiger partial charge in [0.2, 0.25) is 5.91 Å². The predicted molar refractivity (Wildman–Crippen MR) is 122 cm³/mol. The number of amides is 1. The summed E-state index contributed by atoms with van der Waals surface area (Å²) in [5.74, 6) is 0.191. The van der Waals surface area contributed by atoms with Crippen LogP contribution < -0.4 is 5.32 Å². The lowest BCUT2D eigenvalue weighted by Crippen LogP contribution is -2.37. The summed E-state index contributed by atoms with van der Waals surface area (Å²) >= 11 is 6.08. The first-order chi connectivity index (χ1) is 14.7. The van der Waals surface area contributed by atoms with E-state index in [0.29, 0.717) is 0 Å². The molecule has 2 heterocycles. The van der Waals surface area contributed by atoms with Crippen molar-refractivity contribution in [2.45, 2.75) is 25.8 Å². The fourth-order valence-electron chi connectivity index (χ4n) is 3.93. The minimum absolute atomic E-state index is 0.0668. The maximum Gasteiger partial charge on any atom is 0.227 e. The van der Waals surface area contributed by atoms with Crippen molar-refractivity contribution in [3.05, 3.63) is 94.8 Å². The number of hydrogen-bond donors (Lipinski definition) is 1. The van der Waals surface area contributed by atoms with Crippen molar-refractivity contribution < 1.29 is 4.79 Å². The molecule has 1 amide bonds. The van der Waals surface area contributed by atoms with Gasteiger partial charge in [-0.15, -0.1) is 0 Å². The Morgan fingerprint density at radius 3 is 2.37 bits per heavy atom. The molecule has 0 spiro atoms. The Labute approximate surface area is 182 Å². The topological polar surface area (TPSA) is 45.2 Å². The molecular formula is C25H26ClN3O. The molecule has 1 N–H and O–H groups in total. The van der Waals surface area contributed by atoms with Crippen LogP contribution in [0.15, 0.2) is 73.1 Å². The molecule has 1 aromatic heterocycles. The summed E-state index contributed by atoms with van der Waals surface area (Å²) in [6.07, 6.45) is 6.25. The molecule has 30 heavy (non-hydrogen) atoms. The smallest absolute Gasteiger partial charge is 0.227 e. The van der Waals surface area contributed by atoms with Gasteiger partial charge in [0.15, 0.2) is 0 Å². The summed E-state index contributed by atoms with van der Waals surface area (Å²) in [6.45, 7) is 2.73. The quantitative estimate of drug-likeness (QED) is 0.599. The van der Waals surface area contributed by atoms with Gasteiger partial charge in [0, 0.05) is 35.6 Å². The van der Waals surface area contributed by atoms with Gasteiger partial charge < -0.3 is 5.32 Å². The zero-order chi connectivity index (χ0) is 20.8.